The summed E-state index contributed by atoms with van der Waals surface area (Å²) >= 11 is 7.10. The maximum absolute atomic E-state index is 14.9. The normalized spacial score (nSPS) is 11.5. The van der Waals surface area contributed by atoms with E-state index in [1.54, 1.807) is 0 Å². The van der Waals surface area contributed by atoms with Gasteiger partial charge in [0.05, 0.1) is 10.7 Å². The van der Waals surface area contributed by atoms with Crippen LogP contribution in [0.2, 0.25) is 5.02 Å². The van der Waals surface area contributed by atoms with Gasteiger partial charge in [-0.15, -0.1) is 0 Å². The van der Waals surface area contributed by atoms with Crippen LogP contribution in [0.5, 0.6) is 0 Å². The molecule has 0 saturated carbocycles. The highest BCUT2D eigenvalue weighted by Gasteiger charge is 2.27. The highest BCUT2D eigenvalue weighted by atomic mass is 35.5. The van der Waals surface area contributed by atoms with Gasteiger partial charge in [-0.05, 0) is 49.1 Å². The average molecular weight is 472 g/mol. The highest BCUT2D eigenvalue weighted by molar-refractivity contribution is 8.13. The molecule has 1 rings (SSSR count). The molecule has 4 nitrogen and oxygen atoms in total. The molecule has 0 heterocycles. The van der Waals surface area contributed by atoms with Crippen molar-refractivity contribution < 1.29 is 18.8 Å². The summed E-state index contributed by atoms with van der Waals surface area (Å²) in [5.41, 5.74) is -0.133. The Bertz CT molecular complexity index is 756. The standard InChI is InChI=1S/C24H35ClFNO3S/c1-15(2)7-10-22(28)27(23(29)11-8-16(3)4)20-14-21(18(25)13-19(20)26)31-24(30)12-9-17(5)6/h13-17H,7-12H2,1-6H3. The number of carbonyl (C=O) groups is 3. The van der Waals surface area contributed by atoms with Crippen LogP contribution in [-0.4, -0.2) is 16.9 Å². The number of hydrogen-bond acceptors (Lipinski definition) is 4. The molecule has 0 aliphatic heterocycles. The molecule has 1 aromatic carbocycles. The second-order valence-corrected chi connectivity index (χ2v) is 10.6. The molecule has 0 aliphatic rings. The summed E-state index contributed by atoms with van der Waals surface area (Å²) in [5, 5.41) is 0.00494. The predicted octanol–water partition coefficient (Wildman–Crippen LogP) is 7.27. The van der Waals surface area contributed by atoms with E-state index in [1.807, 2.05) is 41.5 Å². The average Bonchev–Trinajstić information content (AvgIpc) is 2.66. The molecule has 0 aliphatic carbocycles. The first kappa shape index (κ1) is 27.6. The van der Waals surface area contributed by atoms with Crippen molar-refractivity contribution in [1.82, 2.24) is 0 Å². The molecular formula is C24H35ClFNO3S. The van der Waals surface area contributed by atoms with Crippen molar-refractivity contribution in [2.24, 2.45) is 17.8 Å². The van der Waals surface area contributed by atoms with Gasteiger partial charge in [0.1, 0.15) is 5.82 Å². The molecule has 0 unspecified atom stereocenters. The fraction of sp³-hybridized carbons (Fsp3) is 0.625. The van der Waals surface area contributed by atoms with Gasteiger partial charge in [0, 0.05) is 24.2 Å². The third-order valence-electron chi connectivity index (χ3n) is 4.76. The summed E-state index contributed by atoms with van der Waals surface area (Å²) in [4.78, 5) is 39.4. The van der Waals surface area contributed by atoms with Gasteiger partial charge in [-0.2, -0.15) is 0 Å². The highest BCUT2D eigenvalue weighted by Crippen LogP contribution is 2.35. The van der Waals surface area contributed by atoms with Crippen molar-refractivity contribution >= 4 is 46.0 Å². The van der Waals surface area contributed by atoms with E-state index in [9.17, 15) is 18.8 Å². The van der Waals surface area contributed by atoms with Crippen LogP contribution in [0.15, 0.2) is 17.0 Å². The lowest BCUT2D eigenvalue weighted by Gasteiger charge is -2.23. The Morgan fingerprint density at radius 1 is 0.871 bits per heavy atom. The minimum absolute atomic E-state index is 0.0861. The van der Waals surface area contributed by atoms with Crippen molar-refractivity contribution in [2.75, 3.05) is 4.90 Å². The summed E-state index contributed by atoms with van der Waals surface area (Å²) in [6.07, 6.45) is 2.58. The number of benzene rings is 1. The Hall–Kier alpha value is -1.40. The topological polar surface area (TPSA) is 54.5 Å². The molecule has 1 aromatic rings. The van der Waals surface area contributed by atoms with Crippen molar-refractivity contribution in [3.63, 3.8) is 0 Å². The van der Waals surface area contributed by atoms with Crippen LogP contribution in [0.4, 0.5) is 10.1 Å². The van der Waals surface area contributed by atoms with E-state index < -0.39 is 17.6 Å². The molecular weight excluding hydrogens is 437 g/mol. The lowest BCUT2D eigenvalue weighted by molar-refractivity contribution is -0.127. The zero-order chi connectivity index (χ0) is 23.7. The lowest BCUT2D eigenvalue weighted by Crippen LogP contribution is -2.37. The fourth-order valence-electron chi connectivity index (χ4n) is 2.80. The first-order valence-electron chi connectivity index (χ1n) is 11.0. The zero-order valence-electron chi connectivity index (χ0n) is 19.5. The van der Waals surface area contributed by atoms with E-state index in [0.717, 1.165) is 29.1 Å². The molecule has 0 spiro atoms. The van der Waals surface area contributed by atoms with E-state index in [2.05, 4.69) is 0 Å². The van der Waals surface area contributed by atoms with Gasteiger partial charge in [0.2, 0.25) is 11.8 Å². The minimum Gasteiger partial charge on any atom is -0.287 e. The SMILES string of the molecule is CC(C)CCC(=O)Sc1cc(N(C(=O)CCC(C)C)C(=O)CCC(C)C)c(F)cc1Cl. The summed E-state index contributed by atoms with van der Waals surface area (Å²) in [6, 6.07) is 2.43. The van der Waals surface area contributed by atoms with Gasteiger partial charge >= 0.3 is 0 Å². The van der Waals surface area contributed by atoms with Crippen LogP contribution in [0.3, 0.4) is 0 Å². The van der Waals surface area contributed by atoms with Crippen molar-refractivity contribution in [3.05, 3.63) is 23.0 Å². The van der Waals surface area contributed by atoms with Crippen molar-refractivity contribution in [3.8, 4) is 0 Å². The van der Waals surface area contributed by atoms with Crippen LogP contribution in [-0.2, 0) is 14.4 Å². The van der Waals surface area contributed by atoms with E-state index in [4.69, 9.17) is 11.6 Å². The second kappa shape index (κ2) is 13.2. The third-order valence-corrected chi connectivity index (χ3v) is 6.18. The number of nitrogens with zero attached hydrogens (tertiary/aromatic N) is 1. The first-order chi connectivity index (χ1) is 14.4. The van der Waals surface area contributed by atoms with Crippen LogP contribution >= 0.6 is 23.4 Å². The number of hydrogen-bond donors (Lipinski definition) is 0. The summed E-state index contributed by atoms with van der Waals surface area (Å²) in [6.45, 7) is 12.0. The van der Waals surface area contributed by atoms with Gasteiger partial charge in [0.15, 0.2) is 5.12 Å². The Kier molecular flexibility index (Phi) is 11.8. The largest absolute Gasteiger partial charge is 0.287 e. The maximum Gasteiger partial charge on any atom is 0.233 e. The van der Waals surface area contributed by atoms with Gasteiger partial charge in [0.25, 0.3) is 0 Å². The molecule has 174 valence electrons. The third kappa shape index (κ3) is 9.73. The summed E-state index contributed by atoms with van der Waals surface area (Å²) in [7, 11) is 0. The lowest BCUT2D eigenvalue weighted by atomic mass is 10.1. The van der Waals surface area contributed by atoms with Crippen molar-refractivity contribution in [2.45, 2.75) is 85.0 Å². The monoisotopic (exact) mass is 471 g/mol. The molecule has 0 fully saturated rings. The number of halogens is 2. The van der Waals surface area contributed by atoms with Crippen LogP contribution in [0.1, 0.15) is 80.1 Å². The van der Waals surface area contributed by atoms with E-state index in [0.29, 0.717) is 30.1 Å². The van der Waals surface area contributed by atoms with Gasteiger partial charge in [-0.3, -0.25) is 14.4 Å². The van der Waals surface area contributed by atoms with E-state index in [1.165, 1.54) is 6.07 Å². The van der Waals surface area contributed by atoms with Gasteiger partial charge in [-0.25, -0.2) is 9.29 Å². The van der Waals surface area contributed by atoms with Gasteiger partial charge < -0.3 is 0 Å². The fourth-order valence-corrected chi connectivity index (χ4v) is 3.86. The molecule has 31 heavy (non-hydrogen) atoms. The van der Waals surface area contributed by atoms with Crippen LogP contribution in [0.25, 0.3) is 0 Å². The smallest absolute Gasteiger partial charge is 0.233 e. The molecule has 0 saturated heterocycles. The maximum atomic E-state index is 14.9. The number of thioether (sulfide) groups is 1. The number of rotatable bonds is 11. The minimum atomic E-state index is -0.750. The van der Waals surface area contributed by atoms with Gasteiger partial charge in [-0.1, -0.05) is 64.9 Å². The molecule has 7 heteroatoms. The number of carbonyl (C=O) groups excluding carboxylic acids is 3. The Balaban J connectivity index is 3.24. The van der Waals surface area contributed by atoms with Crippen molar-refractivity contribution in [1.29, 1.82) is 0 Å². The molecule has 0 radical (unpaired) electrons. The first-order valence-corrected chi connectivity index (χ1v) is 12.2. The van der Waals surface area contributed by atoms with E-state index in [-0.39, 0.29) is 40.5 Å². The molecule has 0 bridgehead atoms. The Labute approximate surface area is 195 Å². The Morgan fingerprint density at radius 2 is 1.32 bits per heavy atom. The number of amides is 2. The molecule has 2 amide bonds. The summed E-state index contributed by atoms with van der Waals surface area (Å²) < 4.78 is 14.9. The van der Waals surface area contributed by atoms with E-state index >= 15 is 0 Å². The number of imide groups is 1. The van der Waals surface area contributed by atoms with Crippen LogP contribution < -0.4 is 4.90 Å². The molecule has 0 aromatic heterocycles. The molecule has 0 N–H and O–H groups in total. The predicted molar refractivity (Wildman–Crippen MR) is 127 cm³/mol. The molecule has 0 atom stereocenters. The number of anilines is 1. The Morgan fingerprint density at radius 3 is 1.77 bits per heavy atom. The van der Waals surface area contributed by atoms with Crippen LogP contribution in [0, 0.1) is 23.6 Å². The summed E-state index contributed by atoms with van der Waals surface area (Å²) in [5.74, 6) is -0.694. The zero-order valence-corrected chi connectivity index (χ0v) is 21.0. The quantitative estimate of drug-likeness (QED) is 0.318. The second-order valence-electron chi connectivity index (χ2n) is 9.13.